The van der Waals surface area contributed by atoms with Gasteiger partial charge < -0.3 is 33.8 Å². The van der Waals surface area contributed by atoms with Crippen molar-refractivity contribution >= 4 is 39.5 Å². The van der Waals surface area contributed by atoms with Gasteiger partial charge in [0.25, 0.3) is 0 Å². The SMILES string of the molecule is CCCCCCCCCCCCCCCC(=O)O[C@H](COC(=O)CCCCCCCCCCC(C)CC)COP(=O)(O)OC[C@H](O)COP(=O)(O)OC[C@@H](COC(=O)CCCCCCCCCCCCCCCCCC(C)C)OC(=O)CCCCCCCCCCCCCCCCCCC(C)C. The third kappa shape index (κ3) is 74.9. The highest BCUT2D eigenvalue weighted by atomic mass is 31.2. The van der Waals surface area contributed by atoms with Crippen molar-refractivity contribution in [1.82, 2.24) is 0 Å². The Labute approximate surface area is 626 Å². The lowest BCUT2D eigenvalue weighted by atomic mass is 9.99. The van der Waals surface area contributed by atoms with Crippen LogP contribution in [0.4, 0.5) is 0 Å². The standard InChI is InChI=1S/C83H162O17P2/c1-8-10-11-12-13-14-15-23-31-36-45-52-59-66-82(87)100-79(71-94-81(86)65-58-51-44-39-38-42-49-56-63-76(7)9-2)73-98-102(91,92)96-69-77(84)68-95-101(89,90)97-72-78(70-93-80(85)64-57-50-43-35-30-26-22-18-20-25-29-34-41-48-55-62-75(5)6)99-83(88)67-60-53-46-37-32-27-21-17-16-19-24-28-33-40-47-54-61-74(3)4/h74-79,84H,8-73H2,1-7H3,(H,89,90)(H,91,92)/t76?,77-,78-,79-/m1/s1. The van der Waals surface area contributed by atoms with Crippen molar-refractivity contribution in [1.29, 1.82) is 0 Å². The van der Waals surface area contributed by atoms with Crippen molar-refractivity contribution < 1.29 is 80.2 Å². The maximum atomic E-state index is 13.1. The van der Waals surface area contributed by atoms with E-state index in [1.807, 2.05) is 0 Å². The van der Waals surface area contributed by atoms with Crippen LogP contribution in [0.15, 0.2) is 0 Å². The van der Waals surface area contributed by atoms with Crippen LogP contribution in [0, 0.1) is 17.8 Å². The summed E-state index contributed by atoms with van der Waals surface area (Å²) in [5.41, 5.74) is 0. The summed E-state index contributed by atoms with van der Waals surface area (Å²) in [6.07, 6.45) is 62.3. The van der Waals surface area contributed by atoms with Crippen LogP contribution in [-0.4, -0.2) is 96.7 Å². The Morgan fingerprint density at radius 2 is 0.500 bits per heavy atom. The minimum atomic E-state index is -4.96. The molecule has 19 heteroatoms. The predicted molar refractivity (Wildman–Crippen MR) is 418 cm³/mol. The van der Waals surface area contributed by atoms with E-state index in [2.05, 4.69) is 48.5 Å². The fourth-order valence-corrected chi connectivity index (χ4v) is 14.4. The summed E-state index contributed by atoms with van der Waals surface area (Å²) in [4.78, 5) is 73.1. The van der Waals surface area contributed by atoms with Gasteiger partial charge in [0.2, 0.25) is 0 Å². The predicted octanol–water partition coefficient (Wildman–Crippen LogP) is 24.9. The summed E-state index contributed by atoms with van der Waals surface area (Å²) >= 11 is 0. The first-order valence-electron chi connectivity index (χ1n) is 42.9. The van der Waals surface area contributed by atoms with Gasteiger partial charge in [-0.3, -0.25) is 37.3 Å². The van der Waals surface area contributed by atoms with E-state index in [4.69, 9.17) is 37.0 Å². The Hall–Kier alpha value is -1.94. The maximum absolute atomic E-state index is 13.1. The number of carbonyl (C=O) groups excluding carboxylic acids is 4. The minimum absolute atomic E-state index is 0.107. The van der Waals surface area contributed by atoms with E-state index in [9.17, 15) is 43.2 Å². The van der Waals surface area contributed by atoms with Gasteiger partial charge in [-0.15, -0.1) is 0 Å². The molecule has 0 rings (SSSR count). The number of aliphatic hydroxyl groups excluding tert-OH is 1. The highest BCUT2D eigenvalue weighted by Gasteiger charge is 2.30. The second-order valence-corrected chi connectivity index (χ2v) is 34.0. The molecule has 0 bridgehead atoms. The molecule has 0 spiro atoms. The van der Waals surface area contributed by atoms with E-state index in [1.54, 1.807) is 0 Å². The zero-order chi connectivity index (χ0) is 75.1. The molecule has 6 atom stereocenters. The van der Waals surface area contributed by atoms with Crippen molar-refractivity contribution in [2.75, 3.05) is 39.6 Å². The molecule has 0 aromatic carbocycles. The number of hydrogen-bond donors (Lipinski definition) is 3. The van der Waals surface area contributed by atoms with Crippen molar-refractivity contribution in [2.45, 2.75) is 452 Å². The van der Waals surface area contributed by atoms with Crippen LogP contribution >= 0.6 is 15.6 Å². The van der Waals surface area contributed by atoms with E-state index in [-0.39, 0.29) is 25.7 Å². The fraction of sp³-hybridized carbons (Fsp3) is 0.952. The smallest absolute Gasteiger partial charge is 0.462 e. The van der Waals surface area contributed by atoms with Crippen molar-refractivity contribution in [2.24, 2.45) is 17.8 Å². The number of ether oxygens (including phenoxy) is 4. The van der Waals surface area contributed by atoms with E-state index in [1.165, 1.54) is 244 Å². The molecule has 17 nitrogen and oxygen atoms in total. The van der Waals surface area contributed by atoms with Gasteiger partial charge in [-0.25, -0.2) is 9.13 Å². The Morgan fingerprint density at radius 3 is 0.745 bits per heavy atom. The molecule has 0 radical (unpaired) electrons. The molecular weight excluding hydrogens is 1330 g/mol. The number of carbonyl (C=O) groups is 4. The molecule has 3 N–H and O–H groups in total. The quantitative estimate of drug-likeness (QED) is 0.0222. The topological polar surface area (TPSA) is 237 Å². The first-order chi connectivity index (χ1) is 49.3. The molecule has 0 saturated carbocycles. The average Bonchev–Trinajstić information content (AvgIpc) is 0.911. The second kappa shape index (κ2) is 73.2. The molecule has 0 heterocycles. The third-order valence-electron chi connectivity index (χ3n) is 19.7. The van der Waals surface area contributed by atoms with Crippen LogP contribution in [-0.2, 0) is 65.4 Å². The summed E-state index contributed by atoms with van der Waals surface area (Å²) in [7, 11) is -9.92. The average molecular weight is 1490 g/mol. The molecule has 0 aliphatic heterocycles. The summed E-state index contributed by atoms with van der Waals surface area (Å²) in [6, 6.07) is 0. The molecule has 0 saturated heterocycles. The van der Waals surface area contributed by atoms with E-state index < -0.39 is 97.5 Å². The lowest BCUT2D eigenvalue weighted by molar-refractivity contribution is -0.161. The molecular formula is C83H162O17P2. The van der Waals surface area contributed by atoms with E-state index >= 15 is 0 Å². The molecule has 0 fully saturated rings. The van der Waals surface area contributed by atoms with Crippen LogP contribution in [0.1, 0.15) is 434 Å². The number of rotatable bonds is 81. The molecule has 0 aliphatic carbocycles. The molecule has 3 unspecified atom stereocenters. The van der Waals surface area contributed by atoms with Gasteiger partial charge in [-0.2, -0.15) is 0 Å². The van der Waals surface area contributed by atoms with Crippen LogP contribution in [0.2, 0.25) is 0 Å². The Bertz CT molecular complexity index is 1980. The van der Waals surface area contributed by atoms with Crippen molar-refractivity contribution in [3.8, 4) is 0 Å². The van der Waals surface area contributed by atoms with Gasteiger partial charge in [-0.1, -0.05) is 382 Å². The maximum Gasteiger partial charge on any atom is 0.472 e. The zero-order valence-electron chi connectivity index (χ0n) is 67.1. The third-order valence-corrected chi connectivity index (χ3v) is 21.6. The molecule has 102 heavy (non-hydrogen) atoms. The molecule has 606 valence electrons. The van der Waals surface area contributed by atoms with Crippen LogP contribution < -0.4 is 0 Å². The van der Waals surface area contributed by atoms with Gasteiger partial charge in [-0.05, 0) is 43.4 Å². The largest absolute Gasteiger partial charge is 0.472 e. The van der Waals surface area contributed by atoms with Gasteiger partial charge in [0.05, 0.1) is 26.4 Å². The summed E-state index contributed by atoms with van der Waals surface area (Å²) in [5.74, 6) is 0.286. The minimum Gasteiger partial charge on any atom is -0.462 e. The van der Waals surface area contributed by atoms with Crippen molar-refractivity contribution in [3.63, 3.8) is 0 Å². The molecule has 0 aromatic rings. The lowest BCUT2D eigenvalue weighted by Gasteiger charge is -2.21. The van der Waals surface area contributed by atoms with Crippen LogP contribution in [0.3, 0.4) is 0 Å². The monoisotopic (exact) mass is 1490 g/mol. The van der Waals surface area contributed by atoms with Gasteiger partial charge in [0, 0.05) is 25.7 Å². The van der Waals surface area contributed by atoms with E-state index in [0.717, 1.165) is 108 Å². The van der Waals surface area contributed by atoms with Crippen LogP contribution in [0.5, 0.6) is 0 Å². The Balaban J connectivity index is 5.25. The van der Waals surface area contributed by atoms with Gasteiger partial charge in [0.1, 0.15) is 19.3 Å². The molecule has 0 aliphatic rings. The fourth-order valence-electron chi connectivity index (χ4n) is 12.8. The highest BCUT2D eigenvalue weighted by molar-refractivity contribution is 7.47. The number of esters is 4. The number of phosphoric ester groups is 2. The number of aliphatic hydroxyl groups is 1. The van der Waals surface area contributed by atoms with Gasteiger partial charge in [0.15, 0.2) is 12.2 Å². The van der Waals surface area contributed by atoms with Crippen LogP contribution in [0.25, 0.3) is 0 Å². The normalized spacial score (nSPS) is 14.2. The molecule has 0 amide bonds. The Kier molecular flexibility index (Phi) is 71.8. The molecule has 0 aromatic heterocycles. The lowest BCUT2D eigenvalue weighted by Crippen LogP contribution is -2.30. The second-order valence-electron chi connectivity index (χ2n) is 31.1. The summed E-state index contributed by atoms with van der Waals surface area (Å²) < 4.78 is 68.8. The first-order valence-corrected chi connectivity index (χ1v) is 45.9. The number of unbranched alkanes of at least 4 members (excludes halogenated alkanes) is 48. The van der Waals surface area contributed by atoms with E-state index in [0.29, 0.717) is 25.7 Å². The summed E-state index contributed by atoms with van der Waals surface area (Å²) in [6.45, 7) is 12.0. The number of hydrogen-bond acceptors (Lipinski definition) is 15. The first kappa shape index (κ1) is 100. The van der Waals surface area contributed by atoms with Gasteiger partial charge >= 0.3 is 39.5 Å². The van der Waals surface area contributed by atoms with Crippen molar-refractivity contribution in [3.05, 3.63) is 0 Å². The number of phosphoric acid groups is 2. The summed E-state index contributed by atoms with van der Waals surface area (Å²) in [5, 5.41) is 10.7. The highest BCUT2D eigenvalue weighted by Crippen LogP contribution is 2.45. The zero-order valence-corrected chi connectivity index (χ0v) is 68.9. The Morgan fingerprint density at radius 1 is 0.284 bits per heavy atom.